The molecular formula is C13H22N2O4. The Morgan fingerprint density at radius 2 is 2.21 bits per heavy atom. The molecule has 2 fully saturated rings. The van der Waals surface area contributed by atoms with E-state index in [9.17, 15) is 9.59 Å². The van der Waals surface area contributed by atoms with Crippen LogP contribution < -0.4 is 5.32 Å². The minimum absolute atomic E-state index is 0.112. The highest BCUT2D eigenvalue weighted by Crippen LogP contribution is 2.21. The zero-order chi connectivity index (χ0) is 13.8. The van der Waals surface area contributed by atoms with Gasteiger partial charge in [-0.15, -0.1) is 0 Å². The number of rotatable bonds is 3. The molecule has 6 heteroatoms. The molecule has 2 N–H and O–H groups in total. The van der Waals surface area contributed by atoms with Crippen LogP contribution in [0.4, 0.5) is 4.79 Å². The Hall–Kier alpha value is -1.30. The number of amides is 2. The summed E-state index contributed by atoms with van der Waals surface area (Å²) in [6, 6.07) is -0.173. The number of hydrogen-bond donors (Lipinski definition) is 2. The minimum Gasteiger partial charge on any atom is -0.481 e. The van der Waals surface area contributed by atoms with Crippen molar-refractivity contribution in [3.63, 3.8) is 0 Å². The molecule has 2 heterocycles. The molecule has 19 heavy (non-hydrogen) atoms. The van der Waals surface area contributed by atoms with Crippen LogP contribution in [-0.4, -0.2) is 54.4 Å². The number of urea groups is 1. The van der Waals surface area contributed by atoms with E-state index >= 15 is 0 Å². The Bertz CT molecular complexity index is 342. The lowest BCUT2D eigenvalue weighted by atomic mass is 9.91. The molecule has 2 unspecified atom stereocenters. The minimum atomic E-state index is -0.816. The van der Waals surface area contributed by atoms with Gasteiger partial charge in [0.15, 0.2) is 0 Å². The van der Waals surface area contributed by atoms with Crippen LogP contribution in [-0.2, 0) is 9.53 Å². The van der Waals surface area contributed by atoms with Crippen molar-refractivity contribution in [3.05, 3.63) is 0 Å². The van der Waals surface area contributed by atoms with Gasteiger partial charge in [0, 0.05) is 26.2 Å². The van der Waals surface area contributed by atoms with Gasteiger partial charge in [0.2, 0.25) is 0 Å². The SMILES string of the molecule is CC1CC(C(=O)O)CN(C(=O)NC[C@H]2CCCO2)C1. The smallest absolute Gasteiger partial charge is 0.317 e. The summed E-state index contributed by atoms with van der Waals surface area (Å²) in [6.45, 7) is 4.19. The maximum Gasteiger partial charge on any atom is 0.317 e. The first-order chi connectivity index (χ1) is 9.06. The van der Waals surface area contributed by atoms with Gasteiger partial charge < -0.3 is 20.1 Å². The van der Waals surface area contributed by atoms with Crippen molar-refractivity contribution in [1.82, 2.24) is 10.2 Å². The third kappa shape index (κ3) is 3.83. The Morgan fingerprint density at radius 3 is 2.84 bits per heavy atom. The molecule has 0 bridgehead atoms. The molecule has 2 saturated heterocycles. The fourth-order valence-corrected chi connectivity index (χ4v) is 2.81. The molecule has 0 saturated carbocycles. The van der Waals surface area contributed by atoms with E-state index in [1.165, 1.54) is 0 Å². The van der Waals surface area contributed by atoms with Crippen molar-refractivity contribution in [1.29, 1.82) is 0 Å². The number of nitrogens with zero attached hydrogens (tertiary/aromatic N) is 1. The number of carboxylic acid groups (broad SMARTS) is 1. The normalized spacial score (nSPS) is 31.2. The molecule has 2 amide bonds. The van der Waals surface area contributed by atoms with Gasteiger partial charge in [-0.25, -0.2) is 4.79 Å². The van der Waals surface area contributed by atoms with Crippen LogP contribution in [0, 0.1) is 11.8 Å². The summed E-state index contributed by atoms with van der Waals surface area (Å²) in [5.74, 6) is -1.04. The molecule has 2 rings (SSSR count). The molecular weight excluding hydrogens is 248 g/mol. The van der Waals surface area contributed by atoms with E-state index in [4.69, 9.17) is 9.84 Å². The highest BCUT2D eigenvalue weighted by Gasteiger charge is 2.32. The Balaban J connectivity index is 1.81. The highest BCUT2D eigenvalue weighted by molar-refractivity contribution is 5.76. The molecule has 2 aliphatic heterocycles. The number of ether oxygens (including phenoxy) is 1. The second-order valence-electron chi connectivity index (χ2n) is 5.60. The maximum atomic E-state index is 12.0. The molecule has 108 valence electrons. The zero-order valence-corrected chi connectivity index (χ0v) is 11.3. The molecule has 6 nitrogen and oxygen atoms in total. The van der Waals surface area contributed by atoms with Gasteiger partial charge in [0.1, 0.15) is 0 Å². The molecule has 0 spiro atoms. The second-order valence-corrected chi connectivity index (χ2v) is 5.60. The van der Waals surface area contributed by atoms with Gasteiger partial charge >= 0.3 is 12.0 Å². The number of piperidine rings is 1. The zero-order valence-electron chi connectivity index (χ0n) is 11.3. The standard InChI is InChI=1S/C13H22N2O4/c1-9-5-10(12(16)17)8-15(7-9)13(18)14-6-11-3-2-4-19-11/h9-11H,2-8H2,1H3,(H,14,18)(H,16,17)/t9?,10?,11-/m1/s1. The number of carbonyl (C=O) groups is 2. The first kappa shape index (κ1) is 14.1. The summed E-state index contributed by atoms with van der Waals surface area (Å²) in [6.07, 6.45) is 2.78. The lowest BCUT2D eigenvalue weighted by molar-refractivity contribution is -0.143. The Kier molecular flexibility index (Phi) is 4.63. The van der Waals surface area contributed by atoms with Crippen molar-refractivity contribution in [2.75, 3.05) is 26.2 Å². The van der Waals surface area contributed by atoms with E-state index in [2.05, 4.69) is 5.32 Å². The fourth-order valence-electron chi connectivity index (χ4n) is 2.81. The van der Waals surface area contributed by atoms with E-state index in [-0.39, 0.29) is 18.1 Å². The van der Waals surface area contributed by atoms with Gasteiger partial charge in [0.25, 0.3) is 0 Å². The summed E-state index contributed by atoms with van der Waals surface area (Å²) >= 11 is 0. The third-order valence-corrected chi connectivity index (χ3v) is 3.80. The van der Waals surface area contributed by atoms with E-state index in [0.717, 1.165) is 19.4 Å². The Morgan fingerprint density at radius 1 is 1.42 bits per heavy atom. The average molecular weight is 270 g/mol. The molecule has 3 atom stereocenters. The molecule has 2 aliphatic rings. The van der Waals surface area contributed by atoms with E-state index < -0.39 is 11.9 Å². The number of hydrogen-bond acceptors (Lipinski definition) is 3. The number of carboxylic acids is 1. The number of carbonyl (C=O) groups excluding carboxylic acids is 1. The third-order valence-electron chi connectivity index (χ3n) is 3.80. The monoisotopic (exact) mass is 270 g/mol. The van der Waals surface area contributed by atoms with Crippen LogP contribution in [0.2, 0.25) is 0 Å². The van der Waals surface area contributed by atoms with Crippen LogP contribution in [0.5, 0.6) is 0 Å². The van der Waals surface area contributed by atoms with E-state index in [1.807, 2.05) is 6.92 Å². The second kappa shape index (κ2) is 6.23. The van der Waals surface area contributed by atoms with Gasteiger partial charge in [-0.1, -0.05) is 6.92 Å². The van der Waals surface area contributed by atoms with Crippen LogP contribution in [0.15, 0.2) is 0 Å². The largest absolute Gasteiger partial charge is 0.481 e. The van der Waals surface area contributed by atoms with Crippen molar-refractivity contribution in [3.8, 4) is 0 Å². The van der Waals surface area contributed by atoms with Crippen LogP contribution >= 0.6 is 0 Å². The first-order valence-electron chi connectivity index (χ1n) is 6.93. The summed E-state index contributed by atoms with van der Waals surface area (Å²) in [5, 5.41) is 11.9. The van der Waals surface area contributed by atoms with E-state index in [0.29, 0.717) is 26.1 Å². The Labute approximate surface area is 113 Å². The van der Waals surface area contributed by atoms with Crippen molar-refractivity contribution < 1.29 is 19.4 Å². The van der Waals surface area contributed by atoms with Gasteiger partial charge in [-0.3, -0.25) is 4.79 Å². The van der Waals surface area contributed by atoms with Crippen molar-refractivity contribution >= 4 is 12.0 Å². The van der Waals surface area contributed by atoms with Crippen LogP contribution in [0.3, 0.4) is 0 Å². The topological polar surface area (TPSA) is 78.9 Å². The summed E-state index contributed by atoms with van der Waals surface area (Å²) in [5.41, 5.74) is 0. The van der Waals surface area contributed by atoms with E-state index in [1.54, 1.807) is 4.90 Å². The maximum absolute atomic E-state index is 12.0. The van der Waals surface area contributed by atoms with Crippen LogP contribution in [0.25, 0.3) is 0 Å². The quantitative estimate of drug-likeness (QED) is 0.799. The summed E-state index contributed by atoms with van der Waals surface area (Å²) in [7, 11) is 0. The van der Waals surface area contributed by atoms with Gasteiger partial charge in [0.05, 0.1) is 12.0 Å². The predicted molar refractivity (Wildman–Crippen MR) is 68.9 cm³/mol. The molecule has 0 aromatic carbocycles. The first-order valence-corrected chi connectivity index (χ1v) is 6.93. The van der Waals surface area contributed by atoms with Gasteiger partial charge in [-0.2, -0.15) is 0 Å². The molecule has 0 aliphatic carbocycles. The summed E-state index contributed by atoms with van der Waals surface area (Å²) in [4.78, 5) is 24.7. The lowest BCUT2D eigenvalue weighted by Gasteiger charge is -2.34. The molecule has 0 aromatic heterocycles. The average Bonchev–Trinajstić information content (AvgIpc) is 2.88. The van der Waals surface area contributed by atoms with Crippen molar-refractivity contribution in [2.45, 2.75) is 32.3 Å². The lowest BCUT2D eigenvalue weighted by Crippen LogP contribution is -2.50. The number of aliphatic carboxylic acids is 1. The predicted octanol–water partition coefficient (Wildman–Crippen LogP) is 0.918. The molecule has 0 aromatic rings. The van der Waals surface area contributed by atoms with Crippen LogP contribution in [0.1, 0.15) is 26.2 Å². The molecule has 0 radical (unpaired) electrons. The summed E-state index contributed by atoms with van der Waals surface area (Å²) < 4.78 is 5.44. The number of likely N-dealkylation sites (tertiary alicyclic amines) is 1. The van der Waals surface area contributed by atoms with Gasteiger partial charge in [-0.05, 0) is 25.2 Å². The highest BCUT2D eigenvalue weighted by atomic mass is 16.5. The fraction of sp³-hybridized carbons (Fsp3) is 0.846. The van der Waals surface area contributed by atoms with Crippen molar-refractivity contribution in [2.24, 2.45) is 11.8 Å². The number of nitrogens with one attached hydrogen (secondary N) is 1.